The molecule has 0 fully saturated rings. The Hall–Kier alpha value is -2.89. The Bertz CT molecular complexity index is 1120. The Morgan fingerprint density at radius 1 is 1.00 bits per heavy atom. The van der Waals surface area contributed by atoms with Crippen molar-refractivity contribution in [2.45, 2.75) is 6.61 Å². The van der Waals surface area contributed by atoms with E-state index < -0.39 is 5.97 Å². The molecular formula is C23H15BrClNO3. The second kappa shape index (κ2) is 8.64. The van der Waals surface area contributed by atoms with Gasteiger partial charge in [0, 0.05) is 10.0 Å². The lowest BCUT2D eigenvalue weighted by Gasteiger charge is -2.09. The summed E-state index contributed by atoms with van der Waals surface area (Å²) in [6.07, 6.45) is 1.66. The van der Waals surface area contributed by atoms with E-state index in [0.717, 1.165) is 15.6 Å². The highest BCUT2D eigenvalue weighted by Crippen LogP contribution is 2.27. The number of carbonyl (C=O) groups excluding carboxylic acids is 1. The van der Waals surface area contributed by atoms with Crippen molar-refractivity contribution in [1.82, 2.24) is 0 Å². The van der Waals surface area contributed by atoms with Crippen molar-refractivity contribution in [3.63, 3.8) is 0 Å². The van der Waals surface area contributed by atoms with Crippen LogP contribution < -0.4 is 4.74 Å². The maximum atomic E-state index is 12.3. The summed E-state index contributed by atoms with van der Waals surface area (Å²) >= 11 is 9.60. The topological polar surface area (TPSA) is 47.9 Å². The first-order valence-corrected chi connectivity index (χ1v) is 10.0. The van der Waals surface area contributed by atoms with Crippen molar-refractivity contribution in [2.75, 3.05) is 0 Å². The van der Waals surface area contributed by atoms with E-state index in [4.69, 9.17) is 21.1 Å². The summed E-state index contributed by atoms with van der Waals surface area (Å²) in [7, 11) is 0. The number of para-hydroxylation sites is 1. The SMILES string of the molecule is O=C1OC(c2ccccc2Cl)=N/C1=C\c1ccccc1OCc1ccc(Br)cc1. The zero-order valence-electron chi connectivity index (χ0n) is 15.1. The number of cyclic esters (lactones) is 1. The minimum Gasteiger partial charge on any atom is -0.488 e. The predicted octanol–water partition coefficient (Wildman–Crippen LogP) is 6.03. The first-order chi connectivity index (χ1) is 14.1. The zero-order chi connectivity index (χ0) is 20.2. The molecule has 0 spiro atoms. The standard InChI is InChI=1S/C23H15BrClNO3/c24-17-11-9-15(10-12-17)14-28-21-8-4-1-5-16(21)13-20-23(27)29-22(26-20)18-6-2-3-7-19(18)25/h1-13H,14H2/b20-13-. The van der Waals surface area contributed by atoms with Crippen LogP contribution >= 0.6 is 27.5 Å². The van der Waals surface area contributed by atoms with Crippen molar-refractivity contribution >= 4 is 45.5 Å². The van der Waals surface area contributed by atoms with Gasteiger partial charge in [-0.25, -0.2) is 9.79 Å². The third-order valence-electron chi connectivity index (χ3n) is 4.24. The number of hydrogen-bond acceptors (Lipinski definition) is 4. The van der Waals surface area contributed by atoms with Crippen molar-refractivity contribution in [3.05, 3.63) is 105 Å². The van der Waals surface area contributed by atoms with Crippen LogP contribution in [0.15, 0.2) is 88.0 Å². The molecule has 1 heterocycles. The van der Waals surface area contributed by atoms with E-state index in [1.807, 2.05) is 54.6 Å². The van der Waals surface area contributed by atoms with E-state index >= 15 is 0 Å². The molecule has 29 heavy (non-hydrogen) atoms. The van der Waals surface area contributed by atoms with Crippen LogP contribution in [0.1, 0.15) is 16.7 Å². The number of hydrogen-bond donors (Lipinski definition) is 0. The molecule has 0 saturated carbocycles. The Morgan fingerprint density at radius 3 is 2.52 bits per heavy atom. The van der Waals surface area contributed by atoms with Gasteiger partial charge >= 0.3 is 5.97 Å². The molecule has 144 valence electrons. The van der Waals surface area contributed by atoms with Crippen LogP contribution in [-0.2, 0) is 16.1 Å². The van der Waals surface area contributed by atoms with Crippen LogP contribution in [0.3, 0.4) is 0 Å². The number of nitrogens with zero attached hydrogens (tertiary/aromatic N) is 1. The van der Waals surface area contributed by atoms with Gasteiger partial charge in [-0.3, -0.25) is 0 Å². The molecule has 6 heteroatoms. The third-order valence-corrected chi connectivity index (χ3v) is 5.10. The van der Waals surface area contributed by atoms with Crippen LogP contribution in [0, 0.1) is 0 Å². The minimum absolute atomic E-state index is 0.194. The molecule has 0 N–H and O–H groups in total. The quantitative estimate of drug-likeness (QED) is 0.339. The fourth-order valence-electron chi connectivity index (χ4n) is 2.78. The maximum Gasteiger partial charge on any atom is 0.363 e. The molecule has 0 bridgehead atoms. The molecule has 0 atom stereocenters. The van der Waals surface area contributed by atoms with Crippen LogP contribution in [0.4, 0.5) is 0 Å². The average molecular weight is 469 g/mol. The van der Waals surface area contributed by atoms with E-state index in [-0.39, 0.29) is 11.6 Å². The summed E-state index contributed by atoms with van der Waals surface area (Å²) in [5.41, 5.74) is 2.54. The van der Waals surface area contributed by atoms with Gasteiger partial charge < -0.3 is 9.47 Å². The molecule has 0 amide bonds. The molecule has 4 rings (SSSR count). The molecule has 0 aliphatic carbocycles. The van der Waals surface area contributed by atoms with Crippen molar-refractivity contribution < 1.29 is 14.3 Å². The van der Waals surface area contributed by atoms with Crippen molar-refractivity contribution in [3.8, 4) is 5.75 Å². The molecule has 0 aromatic heterocycles. The van der Waals surface area contributed by atoms with Crippen molar-refractivity contribution in [1.29, 1.82) is 0 Å². The molecule has 0 radical (unpaired) electrons. The number of carbonyl (C=O) groups is 1. The lowest BCUT2D eigenvalue weighted by atomic mass is 10.1. The van der Waals surface area contributed by atoms with Crippen LogP contribution in [0.5, 0.6) is 5.75 Å². The van der Waals surface area contributed by atoms with Gasteiger partial charge in [0.2, 0.25) is 5.90 Å². The molecular weight excluding hydrogens is 454 g/mol. The zero-order valence-corrected chi connectivity index (χ0v) is 17.5. The Labute approximate surface area is 181 Å². The van der Waals surface area contributed by atoms with Gasteiger partial charge in [0.25, 0.3) is 0 Å². The Balaban J connectivity index is 1.58. The average Bonchev–Trinajstić information content (AvgIpc) is 3.09. The van der Waals surface area contributed by atoms with Gasteiger partial charge in [-0.05, 0) is 42.0 Å². The molecule has 3 aromatic rings. The van der Waals surface area contributed by atoms with Gasteiger partial charge in [-0.1, -0.05) is 70.0 Å². The molecule has 4 nitrogen and oxygen atoms in total. The van der Waals surface area contributed by atoms with E-state index in [9.17, 15) is 4.79 Å². The maximum absolute atomic E-state index is 12.3. The normalized spacial score (nSPS) is 14.6. The fourth-order valence-corrected chi connectivity index (χ4v) is 3.26. The third kappa shape index (κ3) is 4.58. The largest absolute Gasteiger partial charge is 0.488 e. The first-order valence-electron chi connectivity index (χ1n) is 8.84. The van der Waals surface area contributed by atoms with Crippen LogP contribution in [-0.4, -0.2) is 11.9 Å². The molecule has 0 saturated heterocycles. The summed E-state index contributed by atoms with van der Waals surface area (Å²) < 4.78 is 12.3. The van der Waals surface area contributed by atoms with Gasteiger partial charge in [-0.2, -0.15) is 0 Å². The summed E-state index contributed by atoms with van der Waals surface area (Å²) in [6, 6.07) is 22.5. The Morgan fingerprint density at radius 2 is 1.72 bits per heavy atom. The summed E-state index contributed by atoms with van der Waals surface area (Å²) in [4.78, 5) is 16.6. The highest BCUT2D eigenvalue weighted by molar-refractivity contribution is 9.10. The van der Waals surface area contributed by atoms with Gasteiger partial charge in [0.1, 0.15) is 12.4 Å². The smallest absolute Gasteiger partial charge is 0.363 e. The molecule has 3 aromatic carbocycles. The fraction of sp³-hybridized carbons (Fsp3) is 0.0435. The number of aliphatic imine (C=N–C) groups is 1. The van der Waals surface area contributed by atoms with Gasteiger partial charge in [0.05, 0.1) is 10.6 Å². The number of halogens is 2. The monoisotopic (exact) mass is 467 g/mol. The number of ether oxygens (including phenoxy) is 2. The second-order valence-electron chi connectivity index (χ2n) is 6.27. The summed E-state index contributed by atoms with van der Waals surface area (Å²) in [5.74, 6) is 0.319. The van der Waals surface area contributed by atoms with Crippen molar-refractivity contribution in [2.24, 2.45) is 4.99 Å². The second-order valence-corrected chi connectivity index (χ2v) is 7.59. The van der Waals surface area contributed by atoms with Gasteiger partial charge in [-0.15, -0.1) is 0 Å². The van der Waals surface area contributed by atoms with Crippen LogP contribution in [0.2, 0.25) is 5.02 Å². The number of rotatable bonds is 5. The highest BCUT2D eigenvalue weighted by atomic mass is 79.9. The van der Waals surface area contributed by atoms with Gasteiger partial charge in [0.15, 0.2) is 5.70 Å². The highest BCUT2D eigenvalue weighted by Gasteiger charge is 2.25. The van der Waals surface area contributed by atoms with E-state index in [0.29, 0.717) is 22.9 Å². The first kappa shape index (κ1) is 19.4. The summed E-state index contributed by atoms with van der Waals surface area (Å²) in [6.45, 7) is 0.409. The Kier molecular flexibility index (Phi) is 5.79. The van der Waals surface area contributed by atoms with E-state index in [2.05, 4.69) is 20.9 Å². The van der Waals surface area contributed by atoms with E-state index in [1.54, 1.807) is 24.3 Å². The molecule has 1 aliphatic heterocycles. The predicted molar refractivity (Wildman–Crippen MR) is 117 cm³/mol. The van der Waals surface area contributed by atoms with E-state index in [1.165, 1.54) is 0 Å². The number of esters is 1. The molecule has 1 aliphatic rings. The minimum atomic E-state index is -0.525. The van der Waals surface area contributed by atoms with Crippen LogP contribution in [0.25, 0.3) is 6.08 Å². The summed E-state index contributed by atoms with van der Waals surface area (Å²) in [5, 5.41) is 0.471. The molecule has 0 unspecified atom stereocenters. The lowest BCUT2D eigenvalue weighted by Crippen LogP contribution is -2.05. The number of benzene rings is 3. The lowest BCUT2D eigenvalue weighted by molar-refractivity contribution is -0.129.